The van der Waals surface area contributed by atoms with Crippen LogP contribution < -0.4 is 17.0 Å². The Hall–Kier alpha value is -0.700. The van der Waals surface area contributed by atoms with Crippen molar-refractivity contribution in [1.82, 2.24) is 5.43 Å². The number of nitrogens with one attached hydrogen (secondary N) is 1. The Morgan fingerprint density at radius 1 is 1.50 bits per heavy atom. The van der Waals surface area contributed by atoms with Gasteiger partial charge in [0.2, 0.25) is 0 Å². The fourth-order valence-corrected chi connectivity index (χ4v) is 1.69. The average Bonchev–Trinajstić information content (AvgIpc) is 1.82. The first-order chi connectivity index (χ1) is 5.65. The molecule has 1 rings (SSSR count). The minimum atomic E-state index is 0.563. The SMILES string of the molecule is CC(C)C1CC(/C(N)=C/NN)C1. The Morgan fingerprint density at radius 3 is 2.50 bits per heavy atom. The lowest BCUT2D eigenvalue weighted by Crippen LogP contribution is -2.32. The zero-order valence-electron chi connectivity index (χ0n) is 7.88. The summed E-state index contributed by atoms with van der Waals surface area (Å²) in [6.45, 7) is 4.53. The van der Waals surface area contributed by atoms with Gasteiger partial charge in [0.1, 0.15) is 0 Å². The van der Waals surface area contributed by atoms with Crippen LogP contribution in [0.3, 0.4) is 0 Å². The topological polar surface area (TPSA) is 64.1 Å². The second-order valence-electron chi connectivity index (χ2n) is 3.98. The van der Waals surface area contributed by atoms with Crippen LogP contribution in [0, 0.1) is 17.8 Å². The van der Waals surface area contributed by atoms with Crippen LogP contribution >= 0.6 is 0 Å². The van der Waals surface area contributed by atoms with Crippen LogP contribution in [0.4, 0.5) is 0 Å². The third-order valence-electron chi connectivity index (χ3n) is 2.84. The van der Waals surface area contributed by atoms with Gasteiger partial charge in [0.05, 0.1) is 0 Å². The van der Waals surface area contributed by atoms with Crippen LogP contribution in [-0.2, 0) is 0 Å². The summed E-state index contributed by atoms with van der Waals surface area (Å²) in [6, 6.07) is 0. The van der Waals surface area contributed by atoms with E-state index in [9.17, 15) is 0 Å². The lowest BCUT2D eigenvalue weighted by Gasteiger charge is -2.38. The summed E-state index contributed by atoms with van der Waals surface area (Å²) in [5.74, 6) is 7.35. The molecule has 5 N–H and O–H groups in total. The summed E-state index contributed by atoms with van der Waals surface area (Å²) in [5.41, 5.74) is 9.14. The largest absolute Gasteiger partial charge is 0.401 e. The van der Waals surface area contributed by atoms with Crippen molar-refractivity contribution in [3.05, 3.63) is 11.9 Å². The summed E-state index contributed by atoms with van der Waals surface area (Å²) in [7, 11) is 0. The van der Waals surface area contributed by atoms with Crippen molar-refractivity contribution in [3.8, 4) is 0 Å². The molecule has 1 fully saturated rings. The number of hydrogen-bond donors (Lipinski definition) is 3. The van der Waals surface area contributed by atoms with Gasteiger partial charge in [-0.05, 0) is 24.7 Å². The van der Waals surface area contributed by atoms with Gasteiger partial charge < -0.3 is 11.2 Å². The molecule has 1 saturated carbocycles. The van der Waals surface area contributed by atoms with Gasteiger partial charge >= 0.3 is 0 Å². The summed E-state index contributed by atoms with van der Waals surface area (Å²) in [6.07, 6.45) is 4.14. The zero-order chi connectivity index (χ0) is 9.14. The lowest BCUT2D eigenvalue weighted by atomic mass is 9.68. The maximum Gasteiger partial charge on any atom is 0.0313 e. The van der Waals surface area contributed by atoms with Gasteiger partial charge in [-0.2, -0.15) is 0 Å². The van der Waals surface area contributed by atoms with Crippen LogP contribution in [-0.4, -0.2) is 0 Å². The van der Waals surface area contributed by atoms with Crippen LogP contribution in [0.5, 0.6) is 0 Å². The minimum absolute atomic E-state index is 0.563. The molecule has 70 valence electrons. The first-order valence-electron chi connectivity index (χ1n) is 4.56. The van der Waals surface area contributed by atoms with Gasteiger partial charge in [-0.25, -0.2) is 0 Å². The maximum atomic E-state index is 5.77. The Balaban J connectivity index is 2.29. The smallest absolute Gasteiger partial charge is 0.0313 e. The van der Waals surface area contributed by atoms with Gasteiger partial charge in [0, 0.05) is 17.8 Å². The number of allylic oxidation sites excluding steroid dienone is 1. The highest BCUT2D eigenvalue weighted by atomic mass is 15.2. The highest BCUT2D eigenvalue weighted by Gasteiger charge is 2.32. The molecular weight excluding hydrogens is 150 g/mol. The maximum absolute atomic E-state index is 5.77. The molecular formula is C9H19N3. The average molecular weight is 169 g/mol. The molecule has 0 aliphatic heterocycles. The van der Waals surface area contributed by atoms with Crippen LogP contribution in [0.1, 0.15) is 26.7 Å². The number of rotatable bonds is 3. The molecule has 1 aliphatic carbocycles. The quantitative estimate of drug-likeness (QED) is 0.435. The highest BCUT2D eigenvalue weighted by Crippen LogP contribution is 2.40. The van der Waals surface area contributed by atoms with Crippen LogP contribution in [0.15, 0.2) is 11.9 Å². The predicted molar refractivity (Wildman–Crippen MR) is 50.6 cm³/mol. The van der Waals surface area contributed by atoms with Crippen molar-refractivity contribution < 1.29 is 0 Å². The van der Waals surface area contributed by atoms with E-state index >= 15 is 0 Å². The molecule has 0 aromatic heterocycles. The third kappa shape index (κ3) is 1.91. The monoisotopic (exact) mass is 169 g/mol. The van der Waals surface area contributed by atoms with E-state index in [2.05, 4.69) is 19.3 Å². The van der Waals surface area contributed by atoms with Crippen molar-refractivity contribution in [2.45, 2.75) is 26.7 Å². The summed E-state index contributed by atoms with van der Waals surface area (Å²) < 4.78 is 0. The lowest BCUT2D eigenvalue weighted by molar-refractivity contribution is 0.167. The molecule has 3 heteroatoms. The Kier molecular flexibility index (Phi) is 2.98. The predicted octanol–water partition coefficient (Wildman–Crippen LogP) is 0.932. The van der Waals surface area contributed by atoms with Crippen molar-refractivity contribution in [2.24, 2.45) is 29.3 Å². The van der Waals surface area contributed by atoms with E-state index < -0.39 is 0 Å². The molecule has 0 bridgehead atoms. The molecule has 3 nitrogen and oxygen atoms in total. The van der Waals surface area contributed by atoms with Crippen molar-refractivity contribution in [1.29, 1.82) is 0 Å². The first kappa shape index (κ1) is 9.39. The van der Waals surface area contributed by atoms with Gasteiger partial charge in [0.15, 0.2) is 0 Å². The van der Waals surface area contributed by atoms with E-state index in [1.165, 1.54) is 12.8 Å². The Labute approximate surface area is 74.2 Å². The summed E-state index contributed by atoms with van der Waals surface area (Å²) in [5, 5.41) is 0. The van der Waals surface area contributed by atoms with Crippen molar-refractivity contribution >= 4 is 0 Å². The van der Waals surface area contributed by atoms with Gasteiger partial charge in [-0.3, -0.25) is 5.84 Å². The normalized spacial score (nSPS) is 30.2. The molecule has 0 unspecified atom stereocenters. The molecule has 0 radical (unpaired) electrons. The van der Waals surface area contributed by atoms with Gasteiger partial charge in [-0.1, -0.05) is 13.8 Å². The second-order valence-corrected chi connectivity index (χ2v) is 3.98. The zero-order valence-corrected chi connectivity index (χ0v) is 7.88. The van der Waals surface area contributed by atoms with Crippen molar-refractivity contribution in [2.75, 3.05) is 0 Å². The van der Waals surface area contributed by atoms with E-state index in [-0.39, 0.29) is 0 Å². The van der Waals surface area contributed by atoms with E-state index in [4.69, 9.17) is 11.6 Å². The fraction of sp³-hybridized carbons (Fsp3) is 0.778. The molecule has 12 heavy (non-hydrogen) atoms. The molecule has 0 amide bonds. The molecule has 0 heterocycles. The standard InChI is InChI=1S/C9H19N3/c1-6(2)7-3-8(4-7)9(10)5-12-11/h5-8,12H,3-4,10-11H2,1-2H3/b9-5-. The van der Waals surface area contributed by atoms with Gasteiger partial charge in [0.25, 0.3) is 0 Å². The third-order valence-corrected chi connectivity index (χ3v) is 2.84. The summed E-state index contributed by atoms with van der Waals surface area (Å²) >= 11 is 0. The van der Waals surface area contributed by atoms with Crippen LogP contribution in [0.25, 0.3) is 0 Å². The Morgan fingerprint density at radius 2 is 2.08 bits per heavy atom. The van der Waals surface area contributed by atoms with Gasteiger partial charge in [-0.15, -0.1) is 0 Å². The molecule has 0 spiro atoms. The van der Waals surface area contributed by atoms with E-state index in [1.807, 2.05) is 0 Å². The highest BCUT2D eigenvalue weighted by molar-refractivity contribution is 5.06. The van der Waals surface area contributed by atoms with E-state index in [0.717, 1.165) is 17.5 Å². The number of nitrogens with two attached hydrogens (primary N) is 2. The molecule has 1 aliphatic rings. The Bertz CT molecular complexity index is 169. The minimum Gasteiger partial charge on any atom is -0.401 e. The van der Waals surface area contributed by atoms with E-state index in [0.29, 0.717) is 5.92 Å². The number of hydrogen-bond acceptors (Lipinski definition) is 3. The fourth-order valence-electron chi connectivity index (χ4n) is 1.69. The molecule has 0 atom stereocenters. The molecule has 0 aromatic rings. The molecule has 0 saturated heterocycles. The second kappa shape index (κ2) is 3.81. The molecule has 0 aromatic carbocycles. The first-order valence-corrected chi connectivity index (χ1v) is 4.56. The van der Waals surface area contributed by atoms with Crippen LogP contribution in [0.2, 0.25) is 0 Å². The van der Waals surface area contributed by atoms with Crippen molar-refractivity contribution in [3.63, 3.8) is 0 Å². The summed E-state index contributed by atoms with van der Waals surface area (Å²) in [4.78, 5) is 0. The van der Waals surface area contributed by atoms with E-state index in [1.54, 1.807) is 6.20 Å². The number of hydrazine groups is 1.